The van der Waals surface area contributed by atoms with Crippen LogP contribution in [0.15, 0.2) is 73.2 Å². The number of rotatable bonds is 5. The normalized spacial score (nSPS) is 12.2. The molecule has 2 N–H and O–H groups in total. The number of hydrogen-bond donors (Lipinski definition) is 1. The molecule has 1 unspecified atom stereocenters. The minimum atomic E-state index is 0.0530. The molecule has 0 amide bonds. The molecule has 1 aromatic heterocycles. The van der Waals surface area contributed by atoms with Crippen molar-refractivity contribution < 1.29 is 0 Å². The van der Waals surface area contributed by atoms with E-state index in [-0.39, 0.29) is 6.04 Å². The van der Waals surface area contributed by atoms with Gasteiger partial charge in [0, 0.05) is 12.6 Å². The van der Waals surface area contributed by atoms with Gasteiger partial charge in [0.2, 0.25) is 0 Å². The molecule has 0 aliphatic carbocycles. The summed E-state index contributed by atoms with van der Waals surface area (Å²) >= 11 is 0. The Bertz CT molecular complexity index is 674. The third-order valence-corrected chi connectivity index (χ3v) is 3.69. The van der Waals surface area contributed by atoms with Crippen LogP contribution in [-0.4, -0.2) is 9.55 Å². The van der Waals surface area contributed by atoms with E-state index in [9.17, 15) is 0 Å². The van der Waals surface area contributed by atoms with Crippen LogP contribution in [0.4, 0.5) is 0 Å². The van der Waals surface area contributed by atoms with Crippen LogP contribution in [0.2, 0.25) is 0 Å². The maximum Gasteiger partial charge on any atom is 0.0950 e. The van der Waals surface area contributed by atoms with Crippen molar-refractivity contribution in [3.05, 3.63) is 78.8 Å². The molecule has 1 heterocycles. The van der Waals surface area contributed by atoms with Crippen LogP contribution in [0, 0.1) is 0 Å². The Morgan fingerprint density at radius 3 is 2.33 bits per heavy atom. The predicted molar refractivity (Wildman–Crippen MR) is 85.7 cm³/mol. The van der Waals surface area contributed by atoms with E-state index in [1.165, 1.54) is 11.1 Å². The molecule has 3 heteroatoms. The number of aryl methyl sites for hydroxylation is 1. The summed E-state index contributed by atoms with van der Waals surface area (Å²) in [6, 6.07) is 20.6. The van der Waals surface area contributed by atoms with E-state index in [1.54, 1.807) is 0 Å². The van der Waals surface area contributed by atoms with E-state index in [1.807, 2.05) is 48.9 Å². The molecule has 0 aliphatic heterocycles. The lowest BCUT2D eigenvalue weighted by Crippen LogP contribution is -2.13. The van der Waals surface area contributed by atoms with Gasteiger partial charge < -0.3 is 10.3 Å². The van der Waals surface area contributed by atoms with E-state index >= 15 is 0 Å². The smallest absolute Gasteiger partial charge is 0.0950 e. The first-order chi connectivity index (χ1) is 10.3. The topological polar surface area (TPSA) is 43.8 Å². The maximum atomic E-state index is 6.27. The Kier molecular flexibility index (Phi) is 4.12. The predicted octanol–water partition coefficient (Wildman–Crippen LogP) is 3.64. The highest BCUT2D eigenvalue weighted by Gasteiger charge is 2.08. The SMILES string of the molecule is NC(CCn1cncc1-c1ccccc1)c1ccccc1. The van der Waals surface area contributed by atoms with Gasteiger partial charge in [-0.05, 0) is 17.5 Å². The number of hydrogen-bond acceptors (Lipinski definition) is 2. The molecular formula is C18H19N3. The number of nitrogens with zero attached hydrogens (tertiary/aromatic N) is 2. The van der Waals surface area contributed by atoms with Crippen LogP contribution in [-0.2, 0) is 6.54 Å². The summed E-state index contributed by atoms with van der Waals surface area (Å²) in [5.41, 5.74) is 9.76. The van der Waals surface area contributed by atoms with Crippen molar-refractivity contribution in [3.63, 3.8) is 0 Å². The van der Waals surface area contributed by atoms with Gasteiger partial charge >= 0.3 is 0 Å². The average Bonchev–Trinajstić information content (AvgIpc) is 3.03. The van der Waals surface area contributed by atoms with Crippen LogP contribution in [0.3, 0.4) is 0 Å². The Morgan fingerprint density at radius 2 is 1.62 bits per heavy atom. The zero-order valence-electron chi connectivity index (χ0n) is 11.9. The summed E-state index contributed by atoms with van der Waals surface area (Å²) in [6.45, 7) is 0.861. The lowest BCUT2D eigenvalue weighted by molar-refractivity contribution is 0.563. The highest BCUT2D eigenvalue weighted by atomic mass is 15.0. The second-order valence-electron chi connectivity index (χ2n) is 5.14. The second kappa shape index (κ2) is 6.37. The van der Waals surface area contributed by atoms with Crippen LogP contribution >= 0.6 is 0 Å². The summed E-state index contributed by atoms with van der Waals surface area (Å²) in [5.74, 6) is 0. The molecule has 0 fully saturated rings. The lowest BCUT2D eigenvalue weighted by Gasteiger charge is -2.14. The summed E-state index contributed by atoms with van der Waals surface area (Å²) in [5, 5.41) is 0. The summed E-state index contributed by atoms with van der Waals surface area (Å²) in [4.78, 5) is 4.27. The summed E-state index contributed by atoms with van der Waals surface area (Å²) < 4.78 is 2.16. The quantitative estimate of drug-likeness (QED) is 0.773. The highest BCUT2D eigenvalue weighted by molar-refractivity contribution is 5.58. The zero-order chi connectivity index (χ0) is 14.5. The number of benzene rings is 2. The molecule has 2 aromatic carbocycles. The van der Waals surface area contributed by atoms with E-state index in [4.69, 9.17) is 5.73 Å². The Labute approximate surface area is 125 Å². The average molecular weight is 277 g/mol. The van der Waals surface area contributed by atoms with E-state index in [0.29, 0.717) is 0 Å². The van der Waals surface area contributed by atoms with Gasteiger partial charge in [-0.2, -0.15) is 0 Å². The van der Waals surface area contributed by atoms with Crippen molar-refractivity contribution in [2.45, 2.75) is 19.0 Å². The zero-order valence-corrected chi connectivity index (χ0v) is 11.9. The lowest BCUT2D eigenvalue weighted by atomic mass is 10.0. The second-order valence-corrected chi connectivity index (χ2v) is 5.14. The largest absolute Gasteiger partial charge is 0.331 e. The van der Waals surface area contributed by atoms with Gasteiger partial charge in [0.15, 0.2) is 0 Å². The van der Waals surface area contributed by atoms with Crippen molar-refractivity contribution in [2.24, 2.45) is 5.73 Å². The molecule has 3 aromatic rings. The Balaban J connectivity index is 1.71. The van der Waals surface area contributed by atoms with Gasteiger partial charge in [0.1, 0.15) is 0 Å². The van der Waals surface area contributed by atoms with Gasteiger partial charge in [0.05, 0.1) is 18.2 Å². The molecule has 0 aliphatic rings. The van der Waals surface area contributed by atoms with Crippen molar-refractivity contribution in [1.82, 2.24) is 9.55 Å². The molecule has 0 saturated heterocycles. The number of aromatic nitrogens is 2. The first-order valence-corrected chi connectivity index (χ1v) is 7.20. The molecule has 0 saturated carbocycles. The van der Waals surface area contributed by atoms with E-state index in [2.05, 4.69) is 33.8 Å². The fraction of sp³-hybridized carbons (Fsp3) is 0.167. The summed E-state index contributed by atoms with van der Waals surface area (Å²) in [6.07, 6.45) is 4.67. The molecule has 0 radical (unpaired) electrons. The molecular weight excluding hydrogens is 258 g/mol. The third kappa shape index (κ3) is 3.20. The molecule has 0 spiro atoms. The van der Waals surface area contributed by atoms with Crippen LogP contribution in [0.5, 0.6) is 0 Å². The molecule has 106 valence electrons. The molecule has 3 nitrogen and oxygen atoms in total. The van der Waals surface area contributed by atoms with Crippen LogP contribution in [0.1, 0.15) is 18.0 Å². The first-order valence-electron chi connectivity index (χ1n) is 7.20. The third-order valence-electron chi connectivity index (χ3n) is 3.69. The fourth-order valence-electron chi connectivity index (χ4n) is 2.49. The van der Waals surface area contributed by atoms with Crippen molar-refractivity contribution in [2.75, 3.05) is 0 Å². The van der Waals surface area contributed by atoms with Gasteiger partial charge in [-0.25, -0.2) is 4.98 Å². The van der Waals surface area contributed by atoms with Crippen molar-refractivity contribution >= 4 is 0 Å². The number of nitrogens with two attached hydrogens (primary N) is 1. The minimum absolute atomic E-state index is 0.0530. The minimum Gasteiger partial charge on any atom is -0.331 e. The molecule has 3 rings (SSSR count). The Hall–Kier alpha value is -2.39. The van der Waals surface area contributed by atoms with Gasteiger partial charge in [-0.3, -0.25) is 0 Å². The standard InChI is InChI=1S/C18H19N3/c19-17(15-7-3-1-4-8-15)11-12-21-14-20-13-18(21)16-9-5-2-6-10-16/h1-10,13-14,17H,11-12,19H2. The van der Waals surface area contributed by atoms with E-state index < -0.39 is 0 Å². The molecule has 0 bridgehead atoms. The maximum absolute atomic E-state index is 6.27. The van der Waals surface area contributed by atoms with Gasteiger partial charge in [-0.1, -0.05) is 60.7 Å². The van der Waals surface area contributed by atoms with Crippen molar-refractivity contribution in [1.29, 1.82) is 0 Å². The van der Waals surface area contributed by atoms with Crippen molar-refractivity contribution in [3.8, 4) is 11.3 Å². The van der Waals surface area contributed by atoms with Gasteiger partial charge in [0.25, 0.3) is 0 Å². The molecule has 21 heavy (non-hydrogen) atoms. The van der Waals surface area contributed by atoms with Gasteiger partial charge in [-0.15, -0.1) is 0 Å². The summed E-state index contributed by atoms with van der Waals surface area (Å²) in [7, 11) is 0. The highest BCUT2D eigenvalue weighted by Crippen LogP contribution is 2.20. The monoisotopic (exact) mass is 277 g/mol. The number of imidazole rings is 1. The first kappa shape index (κ1) is 13.6. The fourth-order valence-corrected chi connectivity index (χ4v) is 2.49. The molecule has 1 atom stereocenters. The van der Waals surface area contributed by atoms with Crippen LogP contribution in [0.25, 0.3) is 11.3 Å². The van der Waals surface area contributed by atoms with E-state index in [0.717, 1.165) is 18.7 Å². The van der Waals surface area contributed by atoms with Crippen LogP contribution < -0.4 is 5.73 Å². The Morgan fingerprint density at radius 1 is 0.952 bits per heavy atom.